The van der Waals surface area contributed by atoms with Crippen LogP contribution in [-0.4, -0.2) is 57.0 Å². The van der Waals surface area contributed by atoms with Crippen molar-refractivity contribution in [2.75, 3.05) is 26.7 Å². The number of carboxylic acid groups (broad SMARTS) is 1. The van der Waals surface area contributed by atoms with Crippen LogP contribution in [0, 0.1) is 5.92 Å². The van der Waals surface area contributed by atoms with Crippen molar-refractivity contribution in [3.05, 3.63) is 24.3 Å². The maximum absolute atomic E-state index is 12.2. The maximum Gasteiger partial charge on any atom is 0.308 e. The van der Waals surface area contributed by atoms with Gasteiger partial charge >= 0.3 is 5.97 Å². The van der Waals surface area contributed by atoms with Crippen LogP contribution in [0.3, 0.4) is 0 Å². The lowest BCUT2D eigenvalue weighted by Crippen LogP contribution is -2.43. The number of sulfonamides is 1. The van der Waals surface area contributed by atoms with Gasteiger partial charge in [0, 0.05) is 26.1 Å². The molecule has 1 atom stereocenters. The second kappa shape index (κ2) is 8.30. The summed E-state index contributed by atoms with van der Waals surface area (Å²) in [7, 11) is -2.22. The van der Waals surface area contributed by atoms with Gasteiger partial charge in [-0.3, -0.25) is 9.59 Å². The Kier molecular flexibility index (Phi) is 6.38. The van der Waals surface area contributed by atoms with E-state index in [0.717, 1.165) is 0 Å². The van der Waals surface area contributed by atoms with Gasteiger partial charge in [-0.1, -0.05) is 0 Å². The number of aliphatic carboxylic acids is 1. The van der Waals surface area contributed by atoms with E-state index in [0.29, 0.717) is 25.1 Å². The minimum Gasteiger partial charge on any atom is -0.497 e. The minimum absolute atomic E-state index is 0.0122. The smallest absolute Gasteiger partial charge is 0.308 e. The van der Waals surface area contributed by atoms with Gasteiger partial charge in [0.1, 0.15) is 5.75 Å². The van der Waals surface area contributed by atoms with Gasteiger partial charge in [-0.05, 0) is 37.1 Å². The van der Waals surface area contributed by atoms with Gasteiger partial charge in [0.25, 0.3) is 0 Å². The average Bonchev–Trinajstić information content (AvgIpc) is 2.61. The Hall–Kier alpha value is -2.13. The van der Waals surface area contributed by atoms with Crippen molar-refractivity contribution >= 4 is 21.9 Å². The van der Waals surface area contributed by atoms with Crippen molar-refractivity contribution in [2.24, 2.45) is 5.92 Å². The van der Waals surface area contributed by atoms with Crippen LogP contribution in [0.1, 0.15) is 19.3 Å². The van der Waals surface area contributed by atoms with Crippen LogP contribution in [0.5, 0.6) is 5.75 Å². The molecule has 1 aliphatic heterocycles. The molecular formula is C16H22N2O6S. The average molecular weight is 370 g/mol. The number of ether oxygens (including phenoxy) is 1. The topological polar surface area (TPSA) is 113 Å². The molecule has 25 heavy (non-hydrogen) atoms. The number of likely N-dealkylation sites (tertiary alicyclic amines) is 1. The molecule has 2 rings (SSSR count). The molecule has 0 aliphatic carbocycles. The Morgan fingerprint density at radius 1 is 1.32 bits per heavy atom. The zero-order valence-corrected chi connectivity index (χ0v) is 14.8. The van der Waals surface area contributed by atoms with Gasteiger partial charge < -0.3 is 14.7 Å². The van der Waals surface area contributed by atoms with E-state index in [1.54, 1.807) is 12.1 Å². The van der Waals surface area contributed by atoms with Crippen molar-refractivity contribution < 1.29 is 27.9 Å². The highest BCUT2D eigenvalue weighted by molar-refractivity contribution is 7.89. The SMILES string of the molecule is COc1ccc(S(=O)(=O)NCCC(=O)N2CCC[C@@H](C(=O)O)C2)cc1. The molecule has 8 nitrogen and oxygen atoms in total. The number of benzene rings is 1. The molecule has 0 saturated carbocycles. The number of carbonyl (C=O) groups excluding carboxylic acids is 1. The lowest BCUT2D eigenvalue weighted by molar-refractivity contribution is -0.145. The predicted molar refractivity (Wildman–Crippen MR) is 89.7 cm³/mol. The molecule has 0 aromatic heterocycles. The van der Waals surface area contributed by atoms with E-state index in [1.165, 1.54) is 24.1 Å². The van der Waals surface area contributed by atoms with Crippen LogP contribution in [0.4, 0.5) is 0 Å². The highest BCUT2D eigenvalue weighted by atomic mass is 32.2. The van der Waals surface area contributed by atoms with Gasteiger partial charge in [0.2, 0.25) is 15.9 Å². The van der Waals surface area contributed by atoms with E-state index in [-0.39, 0.29) is 30.3 Å². The van der Waals surface area contributed by atoms with Gasteiger partial charge in [0.05, 0.1) is 17.9 Å². The summed E-state index contributed by atoms with van der Waals surface area (Å²) in [5.41, 5.74) is 0. The highest BCUT2D eigenvalue weighted by Crippen LogP contribution is 2.18. The Labute approximate surface area is 146 Å². The summed E-state index contributed by atoms with van der Waals surface area (Å²) in [6.07, 6.45) is 1.19. The summed E-state index contributed by atoms with van der Waals surface area (Å²) < 4.78 is 31.7. The molecule has 1 heterocycles. The number of nitrogens with one attached hydrogen (secondary N) is 1. The van der Waals surface area contributed by atoms with E-state index in [9.17, 15) is 18.0 Å². The van der Waals surface area contributed by atoms with Crippen LogP contribution in [0.2, 0.25) is 0 Å². The minimum atomic E-state index is -3.71. The van der Waals surface area contributed by atoms with E-state index in [2.05, 4.69) is 4.72 Å². The van der Waals surface area contributed by atoms with Crippen LogP contribution in [0.25, 0.3) is 0 Å². The zero-order chi connectivity index (χ0) is 18.4. The zero-order valence-electron chi connectivity index (χ0n) is 14.0. The molecule has 2 N–H and O–H groups in total. The maximum atomic E-state index is 12.2. The van der Waals surface area contributed by atoms with Crippen molar-refractivity contribution in [1.82, 2.24) is 9.62 Å². The first-order valence-electron chi connectivity index (χ1n) is 7.98. The number of carboxylic acids is 1. The third kappa shape index (κ3) is 5.17. The molecule has 1 fully saturated rings. The monoisotopic (exact) mass is 370 g/mol. The quantitative estimate of drug-likeness (QED) is 0.730. The summed E-state index contributed by atoms with van der Waals surface area (Å²) in [5, 5.41) is 9.05. The van der Waals surface area contributed by atoms with Crippen LogP contribution >= 0.6 is 0 Å². The normalized spacial score (nSPS) is 18.0. The van der Waals surface area contributed by atoms with Crippen molar-refractivity contribution in [1.29, 1.82) is 0 Å². The number of amides is 1. The highest BCUT2D eigenvalue weighted by Gasteiger charge is 2.28. The number of nitrogens with zero attached hydrogens (tertiary/aromatic N) is 1. The van der Waals surface area contributed by atoms with Gasteiger partial charge in [-0.15, -0.1) is 0 Å². The van der Waals surface area contributed by atoms with E-state index in [1.807, 2.05) is 0 Å². The van der Waals surface area contributed by atoms with Gasteiger partial charge in [-0.25, -0.2) is 13.1 Å². The molecule has 0 unspecified atom stereocenters. The fraction of sp³-hybridized carbons (Fsp3) is 0.500. The second-order valence-electron chi connectivity index (χ2n) is 5.84. The van der Waals surface area contributed by atoms with Crippen molar-refractivity contribution in [3.8, 4) is 5.75 Å². The van der Waals surface area contributed by atoms with Crippen molar-refractivity contribution in [2.45, 2.75) is 24.2 Å². The number of carbonyl (C=O) groups is 2. The lowest BCUT2D eigenvalue weighted by Gasteiger charge is -2.30. The van der Waals surface area contributed by atoms with E-state index in [4.69, 9.17) is 9.84 Å². The number of hydrogen-bond acceptors (Lipinski definition) is 5. The molecule has 9 heteroatoms. The molecular weight excluding hydrogens is 348 g/mol. The lowest BCUT2D eigenvalue weighted by atomic mass is 9.98. The molecule has 0 bridgehead atoms. The molecule has 1 saturated heterocycles. The largest absolute Gasteiger partial charge is 0.497 e. The van der Waals surface area contributed by atoms with Crippen LogP contribution in [-0.2, 0) is 19.6 Å². The first kappa shape index (κ1) is 19.2. The first-order valence-corrected chi connectivity index (χ1v) is 9.46. The second-order valence-corrected chi connectivity index (χ2v) is 7.61. The first-order chi connectivity index (χ1) is 11.8. The molecule has 0 spiro atoms. The Morgan fingerprint density at radius 2 is 2.00 bits per heavy atom. The molecule has 1 amide bonds. The molecule has 1 aliphatic rings. The number of hydrogen-bond donors (Lipinski definition) is 2. The van der Waals surface area contributed by atoms with E-state index >= 15 is 0 Å². The number of rotatable bonds is 7. The predicted octanol–water partition coefficient (Wildman–Crippen LogP) is 0.687. The summed E-state index contributed by atoms with van der Waals surface area (Å²) >= 11 is 0. The van der Waals surface area contributed by atoms with Crippen molar-refractivity contribution in [3.63, 3.8) is 0 Å². The Morgan fingerprint density at radius 3 is 2.60 bits per heavy atom. The van der Waals surface area contributed by atoms with Crippen LogP contribution in [0.15, 0.2) is 29.2 Å². The molecule has 138 valence electrons. The standard InChI is InChI=1S/C16H22N2O6S/c1-24-13-4-6-14(7-5-13)25(22,23)17-9-8-15(19)18-10-2-3-12(11-18)16(20)21/h4-7,12,17H,2-3,8-11H2,1H3,(H,20,21)/t12-/m1/s1. The third-order valence-electron chi connectivity index (χ3n) is 4.12. The van der Waals surface area contributed by atoms with E-state index < -0.39 is 21.9 Å². The summed E-state index contributed by atoms with van der Waals surface area (Å²) in [6, 6.07) is 5.93. The van der Waals surface area contributed by atoms with Gasteiger partial charge in [-0.2, -0.15) is 0 Å². The fourth-order valence-electron chi connectivity index (χ4n) is 2.69. The number of methoxy groups -OCH3 is 1. The Bertz CT molecular complexity index is 717. The summed E-state index contributed by atoms with van der Waals surface area (Å²) in [5.74, 6) is -1.15. The summed E-state index contributed by atoms with van der Waals surface area (Å²) in [4.78, 5) is 24.8. The molecule has 1 aromatic carbocycles. The van der Waals surface area contributed by atoms with Crippen LogP contribution < -0.4 is 9.46 Å². The summed E-state index contributed by atoms with van der Waals surface area (Å²) in [6.45, 7) is 0.647. The Balaban J connectivity index is 1.86. The van der Waals surface area contributed by atoms with Gasteiger partial charge in [0.15, 0.2) is 0 Å². The molecule has 1 aromatic rings. The number of piperidine rings is 1. The molecule has 0 radical (unpaired) electrons. The fourth-order valence-corrected chi connectivity index (χ4v) is 3.73. The third-order valence-corrected chi connectivity index (χ3v) is 5.60.